The Morgan fingerprint density at radius 3 is 2.57 bits per heavy atom. The minimum atomic E-state index is -0.766. The second kappa shape index (κ2) is 9.28. The average molecular weight is 392 g/mol. The lowest BCUT2D eigenvalue weighted by molar-refractivity contribution is -0.00131. The number of amides is 2. The van der Waals surface area contributed by atoms with E-state index in [9.17, 15) is 14.7 Å². The fraction of sp³-hybridized carbons (Fsp3) is 0.619. The number of rotatable bonds is 5. The van der Waals surface area contributed by atoms with Crippen LogP contribution in [0.15, 0.2) is 30.3 Å². The maximum atomic E-state index is 12.5. The van der Waals surface area contributed by atoms with Crippen molar-refractivity contribution in [3.63, 3.8) is 0 Å². The van der Waals surface area contributed by atoms with Crippen LogP contribution in [0.1, 0.15) is 46.1 Å². The molecule has 2 unspecified atom stereocenters. The van der Waals surface area contributed by atoms with E-state index in [-0.39, 0.29) is 25.7 Å². The average Bonchev–Trinajstić information content (AvgIpc) is 2.65. The van der Waals surface area contributed by atoms with Crippen LogP contribution < -0.4 is 5.32 Å². The van der Waals surface area contributed by atoms with E-state index in [1.165, 1.54) is 0 Å². The number of nitrogens with zero attached hydrogens (tertiary/aromatic N) is 1. The lowest BCUT2D eigenvalue weighted by Crippen LogP contribution is -2.64. The molecule has 28 heavy (non-hydrogen) atoms. The van der Waals surface area contributed by atoms with Crippen LogP contribution in [0.4, 0.5) is 9.59 Å². The lowest BCUT2D eigenvalue weighted by Gasteiger charge is -2.46. The Balaban J connectivity index is 2.05. The van der Waals surface area contributed by atoms with E-state index in [4.69, 9.17) is 9.47 Å². The van der Waals surface area contributed by atoms with Crippen LogP contribution in [-0.2, 0) is 16.1 Å². The second-order valence-corrected chi connectivity index (χ2v) is 8.43. The van der Waals surface area contributed by atoms with Gasteiger partial charge in [-0.1, -0.05) is 37.3 Å². The van der Waals surface area contributed by atoms with Crippen molar-refractivity contribution in [2.45, 2.75) is 58.3 Å². The van der Waals surface area contributed by atoms with E-state index < -0.39 is 23.3 Å². The predicted molar refractivity (Wildman–Crippen MR) is 106 cm³/mol. The first-order chi connectivity index (χ1) is 13.1. The van der Waals surface area contributed by atoms with Crippen LogP contribution >= 0.6 is 0 Å². The zero-order chi connectivity index (χ0) is 20.8. The highest BCUT2D eigenvalue weighted by Gasteiger charge is 2.43. The molecule has 0 spiro atoms. The molecule has 7 nitrogen and oxygen atoms in total. The lowest BCUT2D eigenvalue weighted by atomic mass is 9.79. The molecule has 1 aliphatic heterocycles. The van der Waals surface area contributed by atoms with Crippen molar-refractivity contribution in [3.8, 4) is 0 Å². The van der Waals surface area contributed by atoms with Crippen molar-refractivity contribution in [1.29, 1.82) is 0 Å². The van der Waals surface area contributed by atoms with Crippen LogP contribution in [0.2, 0.25) is 0 Å². The minimum absolute atomic E-state index is 0.110. The van der Waals surface area contributed by atoms with Gasteiger partial charge in [0, 0.05) is 25.6 Å². The first-order valence-electron chi connectivity index (χ1n) is 9.73. The molecule has 156 valence electrons. The number of alkyl carbamates (subject to hydrolysis) is 1. The van der Waals surface area contributed by atoms with E-state index >= 15 is 0 Å². The summed E-state index contributed by atoms with van der Waals surface area (Å²) in [5, 5.41) is 12.7. The molecule has 2 N–H and O–H groups in total. The molecule has 2 amide bonds. The number of carbonyl (C=O) groups is 2. The number of hydrogen-bond acceptors (Lipinski definition) is 5. The molecule has 2 atom stereocenters. The van der Waals surface area contributed by atoms with Gasteiger partial charge in [-0.2, -0.15) is 0 Å². The van der Waals surface area contributed by atoms with Crippen molar-refractivity contribution in [3.05, 3.63) is 35.9 Å². The number of hydrogen-bond donors (Lipinski definition) is 2. The summed E-state index contributed by atoms with van der Waals surface area (Å²) in [7, 11) is 0. The predicted octanol–water partition coefficient (Wildman–Crippen LogP) is 3.31. The van der Waals surface area contributed by atoms with Gasteiger partial charge in [-0.05, 0) is 39.2 Å². The van der Waals surface area contributed by atoms with Gasteiger partial charge in [0.15, 0.2) is 0 Å². The molecule has 1 heterocycles. The Bertz CT molecular complexity index is 659. The molecule has 0 bridgehead atoms. The molecular weight excluding hydrogens is 360 g/mol. The Labute approximate surface area is 167 Å². The van der Waals surface area contributed by atoms with Gasteiger partial charge in [0.05, 0.1) is 5.54 Å². The Morgan fingerprint density at radius 2 is 1.96 bits per heavy atom. The van der Waals surface area contributed by atoms with Crippen molar-refractivity contribution in [1.82, 2.24) is 10.2 Å². The van der Waals surface area contributed by atoms with Gasteiger partial charge in [-0.15, -0.1) is 0 Å². The summed E-state index contributed by atoms with van der Waals surface area (Å²) in [6.45, 7) is 8.18. The Hall–Kier alpha value is -2.28. The molecule has 1 fully saturated rings. The third-order valence-electron chi connectivity index (χ3n) is 4.96. The number of piperidine rings is 1. The number of nitrogens with one attached hydrogen (secondary N) is 1. The van der Waals surface area contributed by atoms with E-state index in [0.717, 1.165) is 5.56 Å². The third-order valence-corrected chi connectivity index (χ3v) is 4.96. The molecule has 1 aromatic carbocycles. The maximum absolute atomic E-state index is 12.5. The van der Waals surface area contributed by atoms with Crippen molar-refractivity contribution in [2.75, 3.05) is 19.7 Å². The van der Waals surface area contributed by atoms with Crippen molar-refractivity contribution in [2.24, 2.45) is 5.92 Å². The highest BCUT2D eigenvalue weighted by atomic mass is 16.6. The second-order valence-electron chi connectivity index (χ2n) is 8.43. The topological polar surface area (TPSA) is 88.1 Å². The summed E-state index contributed by atoms with van der Waals surface area (Å²) < 4.78 is 10.8. The molecule has 2 rings (SSSR count). The Morgan fingerprint density at radius 1 is 1.29 bits per heavy atom. The SMILES string of the molecule is CC(CO)C1(NC(=O)OCc2ccccc2)CCCN(C(=O)OC(C)(C)C)C1. The summed E-state index contributed by atoms with van der Waals surface area (Å²) >= 11 is 0. The minimum Gasteiger partial charge on any atom is -0.445 e. The molecule has 0 saturated carbocycles. The van der Waals surface area contributed by atoms with Crippen LogP contribution in [0.25, 0.3) is 0 Å². The number of ether oxygens (including phenoxy) is 2. The maximum Gasteiger partial charge on any atom is 0.410 e. The summed E-state index contributed by atoms with van der Waals surface area (Å²) in [6, 6.07) is 9.42. The van der Waals surface area contributed by atoms with Gasteiger partial charge >= 0.3 is 12.2 Å². The van der Waals surface area contributed by atoms with Crippen molar-refractivity contribution < 1.29 is 24.2 Å². The smallest absolute Gasteiger partial charge is 0.410 e. The largest absolute Gasteiger partial charge is 0.445 e. The van der Waals surface area contributed by atoms with E-state index in [1.807, 2.05) is 58.0 Å². The van der Waals surface area contributed by atoms with Crippen LogP contribution in [0.3, 0.4) is 0 Å². The zero-order valence-corrected chi connectivity index (χ0v) is 17.2. The summed E-state index contributed by atoms with van der Waals surface area (Å²) in [5.74, 6) is -0.248. The number of carbonyl (C=O) groups excluding carboxylic acids is 2. The van der Waals surface area contributed by atoms with E-state index in [1.54, 1.807) is 4.90 Å². The van der Waals surface area contributed by atoms with Gasteiger partial charge in [0.2, 0.25) is 0 Å². The van der Waals surface area contributed by atoms with E-state index in [0.29, 0.717) is 19.4 Å². The normalized spacial score (nSPS) is 21.0. The molecular formula is C21H32N2O5. The van der Waals surface area contributed by atoms with Crippen LogP contribution in [0.5, 0.6) is 0 Å². The standard InChI is InChI=1S/C21H32N2O5/c1-16(13-24)21(22-18(25)27-14-17-9-6-5-7-10-17)11-8-12-23(15-21)19(26)28-20(2,3)4/h5-7,9-10,16,24H,8,11-15H2,1-4H3,(H,22,25). The highest BCUT2D eigenvalue weighted by molar-refractivity contribution is 5.70. The highest BCUT2D eigenvalue weighted by Crippen LogP contribution is 2.30. The van der Waals surface area contributed by atoms with Gasteiger partial charge < -0.3 is 24.8 Å². The summed E-state index contributed by atoms with van der Waals surface area (Å²) in [5.41, 5.74) is -0.472. The molecule has 0 radical (unpaired) electrons. The molecule has 1 aromatic rings. The first kappa shape index (κ1) is 22.0. The quantitative estimate of drug-likeness (QED) is 0.803. The molecule has 0 aliphatic carbocycles. The summed E-state index contributed by atoms with van der Waals surface area (Å²) in [4.78, 5) is 26.6. The number of likely N-dealkylation sites (tertiary alicyclic amines) is 1. The van der Waals surface area contributed by atoms with Crippen LogP contribution in [0, 0.1) is 5.92 Å². The Kier molecular flexibility index (Phi) is 7.29. The fourth-order valence-electron chi connectivity index (χ4n) is 3.33. The van der Waals surface area contributed by atoms with Gasteiger partial charge in [0.25, 0.3) is 0 Å². The summed E-state index contributed by atoms with van der Waals surface area (Å²) in [6.07, 6.45) is 0.369. The third kappa shape index (κ3) is 6.12. The molecule has 7 heteroatoms. The zero-order valence-electron chi connectivity index (χ0n) is 17.2. The number of benzene rings is 1. The number of aliphatic hydroxyl groups is 1. The van der Waals surface area contributed by atoms with Gasteiger partial charge in [-0.25, -0.2) is 9.59 Å². The monoisotopic (exact) mass is 392 g/mol. The van der Waals surface area contributed by atoms with Gasteiger partial charge in [-0.3, -0.25) is 0 Å². The first-order valence-corrected chi connectivity index (χ1v) is 9.73. The fourth-order valence-corrected chi connectivity index (χ4v) is 3.33. The molecule has 1 aliphatic rings. The molecule has 0 aromatic heterocycles. The van der Waals surface area contributed by atoms with E-state index in [2.05, 4.69) is 5.32 Å². The molecule has 1 saturated heterocycles. The van der Waals surface area contributed by atoms with Gasteiger partial charge in [0.1, 0.15) is 12.2 Å². The van der Waals surface area contributed by atoms with Crippen molar-refractivity contribution >= 4 is 12.2 Å². The number of aliphatic hydroxyl groups excluding tert-OH is 1. The van der Waals surface area contributed by atoms with Crippen LogP contribution in [-0.4, -0.2) is 53.0 Å².